The molecule has 0 N–H and O–H groups in total. The van der Waals surface area contributed by atoms with Crippen molar-refractivity contribution in [3.8, 4) is 17.4 Å². The molecule has 6 heteroatoms. The standard InChI is InChI=1S/C20H20N4O2/c1-4-15-16(10-21)20(25)24(23-17(15)5-2)12-19-22-11-18(26-19)14-8-6-13(3)7-9-14/h6-9,11H,4-5,12H2,1-3H3. The summed E-state index contributed by atoms with van der Waals surface area (Å²) in [5.41, 5.74) is 3.32. The first-order chi connectivity index (χ1) is 12.6. The minimum Gasteiger partial charge on any atom is -0.439 e. The number of hydrogen-bond acceptors (Lipinski definition) is 5. The summed E-state index contributed by atoms with van der Waals surface area (Å²) in [6.07, 6.45) is 2.89. The van der Waals surface area contributed by atoms with E-state index in [9.17, 15) is 10.1 Å². The third kappa shape index (κ3) is 3.29. The number of benzene rings is 1. The van der Waals surface area contributed by atoms with E-state index in [0.29, 0.717) is 24.5 Å². The number of aromatic nitrogens is 3. The Hall–Kier alpha value is -3.20. The van der Waals surface area contributed by atoms with Crippen LogP contribution in [0.1, 0.15) is 42.1 Å². The summed E-state index contributed by atoms with van der Waals surface area (Å²) in [7, 11) is 0. The van der Waals surface area contributed by atoms with Crippen LogP contribution in [0.3, 0.4) is 0 Å². The van der Waals surface area contributed by atoms with Crippen molar-refractivity contribution in [3.05, 3.63) is 69.1 Å². The Bertz CT molecular complexity index is 1020. The molecule has 0 saturated heterocycles. The Labute approximate surface area is 151 Å². The molecule has 0 unspecified atom stereocenters. The number of hydrogen-bond donors (Lipinski definition) is 0. The molecular weight excluding hydrogens is 328 g/mol. The average Bonchev–Trinajstić information content (AvgIpc) is 3.11. The van der Waals surface area contributed by atoms with Crippen LogP contribution < -0.4 is 5.56 Å². The Morgan fingerprint density at radius 3 is 2.54 bits per heavy atom. The van der Waals surface area contributed by atoms with Gasteiger partial charge in [0.25, 0.3) is 5.56 Å². The minimum absolute atomic E-state index is 0.0936. The fraction of sp³-hybridized carbons (Fsp3) is 0.300. The lowest BCUT2D eigenvalue weighted by Gasteiger charge is -2.10. The van der Waals surface area contributed by atoms with Gasteiger partial charge in [-0.05, 0) is 25.3 Å². The summed E-state index contributed by atoms with van der Waals surface area (Å²) in [4.78, 5) is 16.8. The van der Waals surface area contributed by atoms with Gasteiger partial charge < -0.3 is 4.42 Å². The van der Waals surface area contributed by atoms with Crippen LogP contribution in [0.2, 0.25) is 0 Å². The van der Waals surface area contributed by atoms with Crippen LogP contribution in [-0.4, -0.2) is 14.8 Å². The first kappa shape index (κ1) is 17.6. The van der Waals surface area contributed by atoms with Crippen LogP contribution >= 0.6 is 0 Å². The highest BCUT2D eigenvalue weighted by molar-refractivity contribution is 5.56. The molecule has 0 amide bonds. The molecule has 132 valence electrons. The van der Waals surface area contributed by atoms with Gasteiger partial charge in [-0.25, -0.2) is 9.67 Å². The number of nitrogens with zero attached hydrogens (tertiary/aromatic N) is 4. The summed E-state index contributed by atoms with van der Waals surface area (Å²) >= 11 is 0. The van der Waals surface area contributed by atoms with Crippen molar-refractivity contribution in [2.75, 3.05) is 0 Å². The van der Waals surface area contributed by atoms with E-state index < -0.39 is 5.56 Å². The summed E-state index contributed by atoms with van der Waals surface area (Å²) in [5.74, 6) is 1.01. The van der Waals surface area contributed by atoms with Crippen LogP contribution in [0.25, 0.3) is 11.3 Å². The van der Waals surface area contributed by atoms with E-state index in [1.54, 1.807) is 6.20 Å². The van der Waals surface area contributed by atoms with E-state index >= 15 is 0 Å². The predicted molar refractivity (Wildman–Crippen MR) is 97.7 cm³/mol. The molecule has 3 rings (SSSR count). The van der Waals surface area contributed by atoms with E-state index in [4.69, 9.17) is 4.42 Å². The molecule has 0 fully saturated rings. The third-order valence-corrected chi connectivity index (χ3v) is 4.31. The summed E-state index contributed by atoms with van der Waals surface area (Å²) in [5, 5.41) is 13.8. The molecule has 0 spiro atoms. The average molecular weight is 348 g/mol. The second-order valence-corrected chi connectivity index (χ2v) is 6.07. The zero-order valence-electron chi connectivity index (χ0n) is 15.1. The maximum absolute atomic E-state index is 12.6. The van der Waals surface area contributed by atoms with Crippen LogP contribution in [0, 0.1) is 18.3 Å². The lowest BCUT2D eigenvalue weighted by Crippen LogP contribution is -2.29. The highest BCUT2D eigenvalue weighted by Gasteiger charge is 2.16. The molecule has 2 aromatic heterocycles. The lowest BCUT2D eigenvalue weighted by molar-refractivity contribution is 0.461. The third-order valence-electron chi connectivity index (χ3n) is 4.31. The van der Waals surface area contributed by atoms with E-state index in [1.165, 1.54) is 4.68 Å². The molecule has 3 aromatic rings. The van der Waals surface area contributed by atoms with Crippen molar-refractivity contribution >= 4 is 0 Å². The zero-order chi connectivity index (χ0) is 18.7. The van der Waals surface area contributed by atoms with Crippen LogP contribution in [0.15, 0.2) is 39.7 Å². The number of nitriles is 1. The van der Waals surface area contributed by atoms with E-state index in [2.05, 4.69) is 10.1 Å². The molecule has 2 heterocycles. The number of aryl methyl sites for hydroxylation is 2. The zero-order valence-corrected chi connectivity index (χ0v) is 15.1. The fourth-order valence-corrected chi connectivity index (χ4v) is 2.90. The van der Waals surface area contributed by atoms with Gasteiger partial charge in [-0.1, -0.05) is 43.7 Å². The molecule has 0 saturated carbocycles. The van der Waals surface area contributed by atoms with Gasteiger partial charge in [-0.2, -0.15) is 10.4 Å². The summed E-state index contributed by atoms with van der Waals surface area (Å²) in [6, 6.07) is 9.95. The van der Waals surface area contributed by atoms with Crippen molar-refractivity contribution in [1.82, 2.24) is 14.8 Å². The largest absolute Gasteiger partial charge is 0.439 e. The smallest absolute Gasteiger partial charge is 0.285 e. The first-order valence-corrected chi connectivity index (χ1v) is 8.62. The first-order valence-electron chi connectivity index (χ1n) is 8.62. The maximum atomic E-state index is 12.6. The fourth-order valence-electron chi connectivity index (χ4n) is 2.90. The molecule has 0 bridgehead atoms. The quantitative estimate of drug-likeness (QED) is 0.706. The molecule has 0 atom stereocenters. The number of rotatable bonds is 5. The Kier molecular flexibility index (Phi) is 4.99. The molecule has 0 radical (unpaired) electrons. The highest BCUT2D eigenvalue weighted by atomic mass is 16.4. The van der Waals surface area contributed by atoms with E-state index in [0.717, 1.165) is 22.4 Å². The van der Waals surface area contributed by atoms with Crippen LogP contribution in [0.4, 0.5) is 0 Å². The van der Waals surface area contributed by atoms with Gasteiger partial charge in [0, 0.05) is 5.56 Å². The van der Waals surface area contributed by atoms with Crippen LogP contribution in [-0.2, 0) is 19.4 Å². The monoisotopic (exact) mass is 348 g/mol. The SMILES string of the molecule is CCc1nn(Cc2ncc(-c3ccc(C)cc3)o2)c(=O)c(C#N)c1CC. The molecule has 26 heavy (non-hydrogen) atoms. The topological polar surface area (TPSA) is 84.7 Å². The van der Waals surface area contributed by atoms with Gasteiger partial charge in [0.1, 0.15) is 18.2 Å². The Balaban J connectivity index is 1.96. The molecule has 1 aromatic carbocycles. The van der Waals surface area contributed by atoms with Gasteiger partial charge in [0.2, 0.25) is 5.89 Å². The van der Waals surface area contributed by atoms with E-state index in [1.807, 2.05) is 51.1 Å². The van der Waals surface area contributed by atoms with Crippen molar-refractivity contribution in [1.29, 1.82) is 5.26 Å². The van der Waals surface area contributed by atoms with Crippen molar-refractivity contribution in [2.45, 2.75) is 40.2 Å². The summed E-state index contributed by atoms with van der Waals surface area (Å²) in [6.45, 7) is 5.99. The van der Waals surface area contributed by atoms with Gasteiger partial charge >= 0.3 is 0 Å². The van der Waals surface area contributed by atoms with E-state index in [-0.39, 0.29) is 12.1 Å². The van der Waals surface area contributed by atoms with Crippen LogP contribution in [0.5, 0.6) is 0 Å². The van der Waals surface area contributed by atoms with Crippen molar-refractivity contribution in [2.24, 2.45) is 0 Å². The molecule has 0 aliphatic carbocycles. The molecule has 6 nitrogen and oxygen atoms in total. The summed E-state index contributed by atoms with van der Waals surface area (Å²) < 4.78 is 7.04. The normalized spacial score (nSPS) is 10.7. The Morgan fingerprint density at radius 2 is 1.92 bits per heavy atom. The van der Waals surface area contributed by atoms with Crippen molar-refractivity contribution in [3.63, 3.8) is 0 Å². The second kappa shape index (κ2) is 7.36. The van der Waals surface area contributed by atoms with Gasteiger partial charge in [0.05, 0.1) is 11.9 Å². The molecule has 0 aliphatic heterocycles. The Morgan fingerprint density at radius 1 is 1.19 bits per heavy atom. The minimum atomic E-state index is -0.406. The van der Waals surface area contributed by atoms with Gasteiger partial charge in [0.15, 0.2) is 5.76 Å². The molecule has 0 aliphatic rings. The lowest BCUT2D eigenvalue weighted by atomic mass is 10.0. The second-order valence-electron chi connectivity index (χ2n) is 6.07. The maximum Gasteiger partial charge on any atom is 0.285 e. The highest BCUT2D eigenvalue weighted by Crippen LogP contribution is 2.21. The van der Waals surface area contributed by atoms with Gasteiger partial charge in [-0.15, -0.1) is 0 Å². The molecular formula is C20H20N4O2. The van der Waals surface area contributed by atoms with Gasteiger partial charge in [-0.3, -0.25) is 4.79 Å². The predicted octanol–water partition coefficient (Wildman–Crippen LogP) is 3.25. The number of oxazole rings is 1. The van der Waals surface area contributed by atoms with Crippen molar-refractivity contribution < 1.29 is 4.42 Å².